The maximum atomic E-state index is 13.9. The summed E-state index contributed by atoms with van der Waals surface area (Å²) in [5.41, 5.74) is 0.864. The molecule has 5 rings (SSSR count). The Morgan fingerprint density at radius 3 is 2.50 bits per heavy atom. The molecule has 0 unspecified atom stereocenters. The maximum absolute atomic E-state index is 13.9. The molecule has 3 atom stereocenters. The third-order valence-corrected chi connectivity index (χ3v) is 9.37. The average Bonchev–Trinajstić information content (AvgIpc) is 3.64. The lowest BCUT2D eigenvalue weighted by atomic mass is 9.71. The number of carbonyl (C=O) groups is 4. The lowest BCUT2D eigenvalue weighted by molar-refractivity contribution is -0.145. The van der Waals surface area contributed by atoms with Crippen molar-refractivity contribution in [3.63, 3.8) is 0 Å². The van der Waals surface area contributed by atoms with Crippen LogP contribution in [0.5, 0.6) is 0 Å². The smallest absolute Gasteiger partial charge is 0.317 e. The normalized spacial score (nSPS) is 21.4. The van der Waals surface area contributed by atoms with Gasteiger partial charge in [-0.15, -0.1) is 0 Å². The fourth-order valence-corrected chi connectivity index (χ4v) is 7.01. The molecule has 3 N–H and O–H groups in total. The molecule has 12 nitrogen and oxygen atoms in total. The monoisotopic (exact) mass is 608 g/mol. The number of carbonyl (C=O) groups excluding carboxylic acids is 3. The molecule has 3 aliphatic rings. The fraction of sp³-hybridized carbons (Fsp3) is 0.594. The number of nitrogens with one attached hydrogen (secondary N) is 2. The van der Waals surface area contributed by atoms with E-state index in [0.717, 1.165) is 18.4 Å². The van der Waals surface area contributed by atoms with E-state index in [1.165, 1.54) is 32.5 Å². The second-order valence-corrected chi connectivity index (χ2v) is 12.7. The minimum Gasteiger partial charge on any atom is -0.480 e. The Morgan fingerprint density at radius 1 is 1.09 bits per heavy atom. The highest BCUT2D eigenvalue weighted by Gasteiger charge is 2.58. The molecule has 44 heavy (non-hydrogen) atoms. The van der Waals surface area contributed by atoms with Gasteiger partial charge in [0, 0.05) is 51.4 Å². The van der Waals surface area contributed by atoms with Gasteiger partial charge in [0.15, 0.2) is 0 Å². The van der Waals surface area contributed by atoms with E-state index in [-0.39, 0.29) is 30.8 Å². The van der Waals surface area contributed by atoms with Gasteiger partial charge in [0.25, 0.3) is 5.91 Å². The number of hydrogen-bond donors (Lipinski definition) is 3. The van der Waals surface area contributed by atoms with Crippen LogP contribution in [0.2, 0.25) is 0 Å². The molecule has 3 amide bonds. The Hall–Kier alpha value is -3.77. The van der Waals surface area contributed by atoms with E-state index >= 15 is 0 Å². The van der Waals surface area contributed by atoms with Crippen molar-refractivity contribution in [2.75, 3.05) is 46.4 Å². The van der Waals surface area contributed by atoms with E-state index in [4.69, 9.17) is 4.74 Å². The van der Waals surface area contributed by atoms with Crippen LogP contribution in [-0.2, 0) is 25.7 Å². The zero-order valence-corrected chi connectivity index (χ0v) is 25.6. The molecule has 0 bridgehead atoms. The van der Waals surface area contributed by atoms with Gasteiger partial charge in [0.1, 0.15) is 6.04 Å². The van der Waals surface area contributed by atoms with E-state index in [9.17, 15) is 24.3 Å². The molecule has 1 saturated carbocycles. The number of hydrogen-bond acceptors (Lipinski definition) is 7. The summed E-state index contributed by atoms with van der Waals surface area (Å²) in [5.74, 6) is -2.02. The zero-order chi connectivity index (χ0) is 31.3. The number of aromatic nitrogens is 2. The van der Waals surface area contributed by atoms with E-state index in [1.54, 1.807) is 27.6 Å². The number of ether oxygens (including phenoxy) is 1. The molecule has 1 spiro atoms. The highest BCUT2D eigenvalue weighted by Crippen LogP contribution is 2.44. The van der Waals surface area contributed by atoms with Crippen molar-refractivity contribution in [2.45, 2.75) is 57.7 Å². The number of carboxylic acids is 1. The van der Waals surface area contributed by atoms with E-state index < -0.39 is 29.4 Å². The Balaban J connectivity index is 1.28. The molecule has 12 heteroatoms. The third kappa shape index (κ3) is 7.29. The van der Waals surface area contributed by atoms with Crippen molar-refractivity contribution in [1.29, 1.82) is 0 Å². The van der Waals surface area contributed by atoms with Crippen molar-refractivity contribution in [3.8, 4) is 0 Å². The number of nitrogens with zero attached hydrogens (tertiary/aromatic N) is 4. The summed E-state index contributed by atoms with van der Waals surface area (Å²) in [6, 6.07) is 8.92. The minimum absolute atomic E-state index is 0.136. The average molecular weight is 609 g/mol. The predicted molar refractivity (Wildman–Crippen MR) is 162 cm³/mol. The number of carboxylic acid groups (broad SMARTS) is 1. The van der Waals surface area contributed by atoms with E-state index in [1.807, 2.05) is 30.3 Å². The first kappa shape index (κ1) is 31.6. The fourth-order valence-electron chi connectivity index (χ4n) is 7.01. The van der Waals surface area contributed by atoms with Crippen LogP contribution < -0.4 is 10.6 Å². The summed E-state index contributed by atoms with van der Waals surface area (Å²) in [5, 5.41) is 19.3. The Labute approximate surface area is 258 Å². The zero-order valence-electron chi connectivity index (χ0n) is 25.6. The first-order chi connectivity index (χ1) is 21.2. The maximum Gasteiger partial charge on any atom is 0.317 e. The van der Waals surface area contributed by atoms with Crippen molar-refractivity contribution in [3.05, 3.63) is 53.9 Å². The number of benzene rings is 1. The van der Waals surface area contributed by atoms with Crippen molar-refractivity contribution < 1.29 is 29.0 Å². The molecule has 238 valence electrons. The molecule has 2 saturated heterocycles. The molecule has 0 radical (unpaired) electrons. The quantitative estimate of drug-likeness (QED) is 0.330. The van der Waals surface area contributed by atoms with E-state index in [0.29, 0.717) is 44.3 Å². The predicted octanol–water partition coefficient (Wildman–Crippen LogP) is 1.61. The molecular formula is C32H44N6O6. The molecule has 1 aromatic heterocycles. The van der Waals surface area contributed by atoms with E-state index in [2.05, 4.69) is 15.7 Å². The van der Waals surface area contributed by atoms with Gasteiger partial charge in [-0.25, -0.2) is 0 Å². The Kier molecular flexibility index (Phi) is 10.00. The summed E-state index contributed by atoms with van der Waals surface area (Å²) in [4.78, 5) is 55.2. The van der Waals surface area contributed by atoms with Gasteiger partial charge in [-0.2, -0.15) is 5.10 Å². The summed E-state index contributed by atoms with van der Waals surface area (Å²) >= 11 is 0. The standard InChI is InChI=1S/C32H44N6O6/c1-22(44-18-24-11-7-4-8-12-24)28(30(42)33-2)35-29(41)26-16-37(21-32(26)19-36(20-32)17-27(39)40)31(43)25-13-34-38(15-25)14-23-9-5-3-6-10-23/h3,5-6,9-10,13,15,22,24,26,28H,4,7-8,11-12,14,16-21H2,1-2H3,(H,33,42)(H,35,41)(H,39,40)/t22-,26+,28+/m1/s1. The SMILES string of the molecule is CNC(=O)[C@@H](NC(=O)[C@@H]1CN(C(=O)c2cnn(Cc3ccccc3)c2)CC12CN(CC(=O)O)C2)[C@@H](C)OCC1CCCCC1. The summed E-state index contributed by atoms with van der Waals surface area (Å²) in [6.45, 7) is 3.93. The molecule has 2 aromatic rings. The topological polar surface area (TPSA) is 146 Å². The van der Waals surface area contributed by atoms with Crippen LogP contribution in [0, 0.1) is 17.3 Å². The highest BCUT2D eigenvalue weighted by atomic mass is 16.5. The van der Waals surface area contributed by atoms with Gasteiger partial charge < -0.3 is 25.4 Å². The van der Waals surface area contributed by atoms with Gasteiger partial charge >= 0.3 is 5.97 Å². The van der Waals surface area contributed by atoms with Crippen LogP contribution in [-0.4, -0.2) is 107 Å². The number of amides is 3. The summed E-state index contributed by atoms with van der Waals surface area (Å²) in [7, 11) is 1.53. The third-order valence-electron chi connectivity index (χ3n) is 9.37. The number of likely N-dealkylation sites (tertiary alicyclic amines) is 2. The van der Waals surface area contributed by atoms with Gasteiger partial charge in [0.2, 0.25) is 11.8 Å². The first-order valence-corrected chi connectivity index (χ1v) is 15.6. The second kappa shape index (κ2) is 13.9. The van der Waals surface area contributed by atoms with Crippen molar-refractivity contribution in [2.24, 2.45) is 17.3 Å². The Morgan fingerprint density at radius 2 is 1.82 bits per heavy atom. The number of rotatable bonds is 12. The van der Waals surface area contributed by atoms with Crippen LogP contribution in [0.3, 0.4) is 0 Å². The van der Waals surface area contributed by atoms with Crippen LogP contribution in [0.25, 0.3) is 0 Å². The molecule has 3 heterocycles. The molecule has 1 aliphatic carbocycles. The van der Waals surface area contributed by atoms with Crippen molar-refractivity contribution in [1.82, 2.24) is 30.2 Å². The second-order valence-electron chi connectivity index (χ2n) is 12.7. The van der Waals surface area contributed by atoms with Crippen LogP contribution in [0.1, 0.15) is 54.9 Å². The van der Waals surface area contributed by atoms with Gasteiger partial charge in [-0.3, -0.25) is 28.8 Å². The largest absolute Gasteiger partial charge is 0.480 e. The van der Waals surface area contributed by atoms with Gasteiger partial charge in [-0.1, -0.05) is 49.6 Å². The highest BCUT2D eigenvalue weighted by molar-refractivity contribution is 5.95. The molecule has 2 aliphatic heterocycles. The first-order valence-electron chi connectivity index (χ1n) is 15.6. The molecule has 3 fully saturated rings. The van der Waals surface area contributed by atoms with Gasteiger partial charge in [-0.05, 0) is 31.2 Å². The lowest BCUT2D eigenvalue weighted by Gasteiger charge is -2.50. The lowest BCUT2D eigenvalue weighted by Crippen LogP contribution is -2.64. The van der Waals surface area contributed by atoms with Crippen LogP contribution >= 0.6 is 0 Å². The van der Waals surface area contributed by atoms with Crippen molar-refractivity contribution >= 4 is 23.7 Å². The number of aliphatic carboxylic acids is 1. The molecule has 1 aromatic carbocycles. The van der Waals surface area contributed by atoms with Crippen LogP contribution in [0.15, 0.2) is 42.7 Å². The summed E-state index contributed by atoms with van der Waals surface area (Å²) in [6.07, 6.45) is 8.53. The summed E-state index contributed by atoms with van der Waals surface area (Å²) < 4.78 is 7.83. The minimum atomic E-state index is -0.943. The Bertz CT molecular complexity index is 1320. The number of likely N-dealkylation sites (N-methyl/N-ethyl adjacent to an activating group) is 1. The molecular weight excluding hydrogens is 564 g/mol. The van der Waals surface area contributed by atoms with Gasteiger partial charge in [0.05, 0.1) is 36.9 Å². The van der Waals surface area contributed by atoms with Crippen LogP contribution in [0.4, 0.5) is 0 Å².